The second-order valence-corrected chi connectivity index (χ2v) is 9.54. The smallest absolute Gasteiger partial charge is 0.339 e. The maximum Gasteiger partial charge on any atom is 0.501 e. The van der Waals surface area contributed by atoms with E-state index in [9.17, 15) is 14.4 Å². The lowest BCUT2D eigenvalue weighted by atomic mass is 9.99. The van der Waals surface area contributed by atoms with Gasteiger partial charge in [-0.15, -0.1) is 23.1 Å². The van der Waals surface area contributed by atoms with Crippen LogP contribution < -0.4 is 0 Å². The summed E-state index contributed by atoms with van der Waals surface area (Å²) in [5.74, 6) is 0.422. The van der Waals surface area contributed by atoms with Gasteiger partial charge in [-0.2, -0.15) is 14.3 Å². The first kappa shape index (κ1) is 19.4. The van der Waals surface area contributed by atoms with Gasteiger partial charge in [0.2, 0.25) is 0 Å². The number of urea groups is 1. The fraction of sp³-hybridized carbons (Fsp3) is 0.500. The van der Waals surface area contributed by atoms with Gasteiger partial charge in [0.1, 0.15) is 12.3 Å². The van der Waals surface area contributed by atoms with Gasteiger partial charge in [0.05, 0.1) is 0 Å². The van der Waals surface area contributed by atoms with Crippen molar-refractivity contribution in [3.63, 3.8) is 0 Å². The highest BCUT2D eigenvalue weighted by atomic mass is 32.2. The molecule has 0 aliphatic carbocycles. The zero-order chi connectivity index (χ0) is 19.7. The second-order valence-electron chi connectivity index (χ2n) is 7.50. The summed E-state index contributed by atoms with van der Waals surface area (Å²) in [5, 5.41) is 3.41. The Balaban J connectivity index is 1.51. The van der Waals surface area contributed by atoms with Crippen molar-refractivity contribution in [2.75, 3.05) is 26.2 Å². The van der Waals surface area contributed by atoms with Crippen molar-refractivity contribution in [2.24, 2.45) is 5.92 Å². The Labute approximate surface area is 172 Å². The summed E-state index contributed by atoms with van der Waals surface area (Å²) in [5.41, 5.74) is 0.645. The molecule has 0 bridgehead atoms. The molecule has 6 nitrogen and oxygen atoms in total. The number of fused-ring (bicyclic) bond motifs is 1. The average molecular weight is 419 g/mol. The number of hydrogen-bond acceptors (Lipinski definition) is 5. The molecule has 8 heteroatoms. The molecule has 3 aliphatic heterocycles. The van der Waals surface area contributed by atoms with Crippen LogP contribution in [0.1, 0.15) is 24.6 Å². The summed E-state index contributed by atoms with van der Waals surface area (Å²) in [4.78, 5) is 43.1. The molecule has 0 aromatic carbocycles. The molecular formula is C20H24N3O3S2+. The van der Waals surface area contributed by atoms with Crippen molar-refractivity contribution in [1.82, 2.24) is 9.80 Å². The van der Waals surface area contributed by atoms with E-state index in [1.165, 1.54) is 21.2 Å². The topological polar surface area (TPSA) is 60.7 Å². The SMILES string of the molecule is CC1CCN(C(=O)C[N+]2=C3C=CSC3C(=O)N(CCc3cccs3)C2=O)CC1. The van der Waals surface area contributed by atoms with E-state index in [4.69, 9.17) is 0 Å². The summed E-state index contributed by atoms with van der Waals surface area (Å²) in [6.07, 6.45) is 4.44. The Kier molecular flexibility index (Phi) is 5.68. The average Bonchev–Trinajstić information content (AvgIpc) is 3.37. The molecule has 0 spiro atoms. The maximum absolute atomic E-state index is 13.1. The molecule has 4 amide bonds. The molecule has 0 saturated carbocycles. The molecule has 1 aromatic rings. The van der Waals surface area contributed by atoms with Crippen LogP contribution in [0.5, 0.6) is 0 Å². The van der Waals surface area contributed by atoms with Crippen LogP contribution >= 0.6 is 23.1 Å². The number of likely N-dealkylation sites (tertiary alicyclic amines) is 1. The number of allylic oxidation sites excluding steroid dienone is 1. The summed E-state index contributed by atoms with van der Waals surface area (Å²) in [7, 11) is 0. The lowest BCUT2D eigenvalue weighted by Gasteiger charge is -2.31. The van der Waals surface area contributed by atoms with E-state index in [1.54, 1.807) is 17.4 Å². The van der Waals surface area contributed by atoms with Crippen LogP contribution in [0, 0.1) is 5.92 Å². The number of imide groups is 1. The number of carbonyl (C=O) groups is 3. The van der Waals surface area contributed by atoms with Gasteiger partial charge in [0.25, 0.3) is 5.91 Å². The highest BCUT2D eigenvalue weighted by Gasteiger charge is 2.49. The van der Waals surface area contributed by atoms with Gasteiger partial charge in [-0.3, -0.25) is 4.79 Å². The predicted molar refractivity (Wildman–Crippen MR) is 111 cm³/mol. The normalized spacial score (nSPS) is 23.0. The first-order chi connectivity index (χ1) is 13.5. The summed E-state index contributed by atoms with van der Waals surface area (Å²) < 4.78 is 1.51. The molecule has 0 radical (unpaired) electrons. The molecule has 3 aliphatic rings. The van der Waals surface area contributed by atoms with Gasteiger partial charge in [0, 0.05) is 24.4 Å². The number of thioether (sulfide) groups is 1. The lowest BCUT2D eigenvalue weighted by Crippen LogP contribution is -2.57. The Morgan fingerprint density at radius 1 is 1.29 bits per heavy atom. The standard InChI is InChI=1S/C20H24N3O3S2/c1-14-4-8-21(9-5-14)17(24)13-23-16-7-12-28-18(16)19(25)22(20(23)26)10-6-15-3-2-11-27-15/h2-3,7,11-12,14,18H,4-6,8-10,13H2,1H3/q+1. The summed E-state index contributed by atoms with van der Waals surface area (Å²) in [6.45, 7) is 4.04. The van der Waals surface area contributed by atoms with Crippen molar-refractivity contribution in [3.05, 3.63) is 33.9 Å². The fourth-order valence-electron chi connectivity index (χ4n) is 3.79. The third-order valence-electron chi connectivity index (χ3n) is 5.58. The van der Waals surface area contributed by atoms with Gasteiger partial charge in [-0.1, -0.05) is 13.0 Å². The monoisotopic (exact) mass is 418 g/mol. The third-order valence-corrected chi connectivity index (χ3v) is 7.52. The van der Waals surface area contributed by atoms with Crippen molar-refractivity contribution in [1.29, 1.82) is 0 Å². The predicted octanol–water partition coefficient (Wildman–Crippen LogP) is 2.59. The Morgan fingerprint density at radius 2 is 2.07 bits per heavy atom. The van der Waals surface area contributed by atoms with E-state index in [1.807, 2.05) is 27.8 Å². The van der Waals surface area contributed by atoms with Crippen LogP contribution in [0.3, 0.4) is 0 Å². The molecule has 1 saturated heterocycles. The highest BCUT2D eigenvalue weighted by Crippen LogP contribution is 2.28. The number of thiophene rings is 1. The van der Waals surface area contributed by atoms with Gasteiger partial charge in [-0.25, -0.2) is 4.79 Å². The molecular weight excluding hydrogens is 394 g/mol. The highest BCUT2D eigenvalue weighted by molar-refractivity contribution is 8.04. The van der Waals surface area contributed by atoms with Crippen molar-refractivity contribution < 1.29 is 19.0 Å². The van der Waals surface area contributed by atoms with Crippen LogP contribution in [0.2, 0.25) is 0 Å². The molecule has 1 unspecified atom stereocenters. The Hall–Kier alpha value is -1.93. The molecule has 1 atom stereocenters. The van der Waals surface area contributed by atoms with E-state index in [0.717, 1.165) is 30.8 Å². The number of nitrogens with zero attached hydrogens (tertiary/aromatic N) is 3. The largest absolute Gasteiger partial charge is 0.501 e. The summed E-state index contributed by atoms with van der Waals surface area (Å²) >= 11 is 3.02. The first-order valence-corrected chi connectivity index (χ1v) is 11.5. The molecule has 0 N–H and O–H groups in total. The van der Waals surface area contributed by atoms with Gasteiger partial charge in [-0.05, 0) is 41.7 Å². The lowest BCUT2D eigenvalue weighted by molar-refractivity contribution is -0.428. The van der Waals surface area contributed by atoms with Gasteiger partial charge in [0.15, 0.2) is 11.8 Å². The zero-order valence-corrected chi connectivity index (χ0v) is 17.5. The molecule has 4 rings (SSSR count). The number of rotatable bonds is 5. The van der Waals surface area contributed by atoms with Crippen molar-refractivity contribution in [2.45, 2.75) is 31.4 Å². The van der Waals surface area contributed by atoms with E-state index in [-0.39, 0.29) is 24.4 Å². The number of carbonyl (C=O) groups excluding carboxylic acids is 3. The van der Waals surface area contributed by atoms with Gasteiger partial charge >= 0.3 is 11.9 Å². The fourth-order valence-corrected chi connectivity index (χ4v) is 5.45. The first-order valence-electron chi connectivity index (χ1n) is 9.66. The van der Waals surface area contributed by atoms with Crippen LogP contribution in [0.4, 0.5) is 4.79 Å². The van der Waals surface area contributed by atoms with Crippen LogP contribution in [0.15, 0.2) is 29.0 Å². The molecule has 148 valence electrons. The summed E-state index contributed by atoms with van der Waals surface area (Å²) in [6, 6.07) is 3.59. The van der Waals surface area contributed by atoms with Gasteiger partial charge < -0.3 is 4.90 Å². The number of piperidine rings is 1. The number of amides is 4. The minimum absolute atomic E-state index is 0.00668. The Morgan fingerprint density at radius 3 is 2.79 bits per heavy atom. The minimum Gasteiger partial charge on any atom is -0.339 e. The zero-order valence-electron chi connectivity index (χ0n) is 15.9. The second kappa shape index (κ2) is 8.21. The molecule has 1 fully saturated rings. The van der Waals surface area contributed by atoms with E-state index in [0.29, 0.717) is 24.6 Å². The van der Waals surface area contributed by atoms with Crippen LogP contribution in [-0.4, -0.2) is 69.4 Å². The van der Waals surface area contributed by atoms with Crippen molar-refractivity contribution >= 4 is 46.7 Å². The third kappa shape index (κ3) is 3.80. The molecule has 1 aromatic heterocycles. The van der Waals surface area contributed by atoms with Crippen LogP contribution in [0.25, 0.3) is 0 Å². The van der Waals surface area contributed by atoms with Crippen molar-refractivity contribution in [3.8, 4) is 0 Å². The van der Waals surface area contributed by atoms with E-state index in [2.05, 4.69) is 6.92 Å². The van der Waals surface area contributed by atoms with E-state index < -0.39 is 5.25 Å². The van der Waals surface area contributed by atoms with Crippen LogP contribution in [-0.2, 0) is 16.0 Å². The maximum atomic E-state index is 13.1. The van der Waals surface area contributed by atoms with E-state index >= 15 is 0 Å². The quantitative estimate of drug-likeness (QED) is 0.690. The number of hydrogen-bond donors (Lipinski definition) is 0. The Bertz CT molecular complexity index is 839. The molecule has 28 heavy (non-hydrogen) atoms. The molecule has 4 heterocycles. The minimum atomic E-state index is -0.421.